The van der Waals surface area contributed by atoms with Crippen LogP contribution in [0.2, 0.25) is 5.02 Å². The summed E-state index contributed by atoms with van der Waals surface area (Å²) in [5, 5.41) is 21.3. The first-order valence-corrected chi connectivity index (χ1v) is 8.84. The molecule has 2 aliphatic rings. The van der Waals surface area contributed by atoms with Crippen LogP contribution < -0.4 is 4.74 Å². The summed E-state index contributed by atoms with van der Waals surface area (Å²) in [6.45, 7) is 0. The van der Waals surface area contributed by atoms with Crippen molar-refractivity contribution in [2.45, 2.75) is 5.37 Å². The van der Waals surface area contributed by atoms with Crippen molar-refractivity contribution in [1.29, 1.82) is 5.26 Å². The van der Waals surface area contributed by atoms with Gasteiger partial charge in [0.15, 0.2) is 5.37 Å². The Bertz CT molecular complexity index is 1000. The van der Waals surface area contributed by atoms with Gasteiger partial charge in [-0.15, -0.1) is 0 Å². The average molecular weight is 423 g/mol. The summed E-state index contributed by atoms with van der Waals surface area (Å²) < 4.78 is 5.78. The molecular formula is C18H12ClKN4O2S. The van der Waals surface area contributed by atoms with Crippen LogP contribution in [0.15, 0.2) is 64.3 Å². The Labute approximate surface area is 207 Å². The Balaban J connectivity index is 0.00000210. The van der Waals surface area contributed by atoms with Crippen molar-refractivity contribution >= 4 is 86.1 Å². The number of rotatable bonds is 3. The van der Waals surface area contributed by atoms with Gasteiger partial charge < -0.3 is 4.74 Å². The number of fused-ring (bicyclic) bond motifs is 1. The first kappa shape index (κ1) is 20.6. The van der Waals surface area contributed by atoms with E-state index in [1.165, 1.54) is 18.1 Å². The van der Waals surface area contributed by atoms with E-state index in [1.54, 1.807) is 42.6 Å². The maximum atomic E-state index is 9.84. The Hall–Kier alpha value is -1.15. The van der Waals surface area contributed by atoms with Gasteiger partial charge >= 0.3 is 51.4 Å². The molecule has 9 heteroatoms. The molecule has 1 unspecified atom stereocenters. The van der Waals surface area contributed by atoms with Gasteiger partial charge in [0.1, 0.15) is 29.0 Å². The summed E-state index contributed by atoms with van der Waals surface area (Å²) >= 11 is 7.26. The molecule has 0 spiro atoms. The van der Waals surface area contributed by atoms with Gasteiger partial charge in [-0.1, -0.05) is 23.4 Å². The molecule has 0 saturated heterocycles. The number of hydrogen-bond donors (Lipinski definition) is 1. The molecule has 0 radical (unpaired) electrons. The van der Waals surface area contributed by atoms with Crippen LogP contribution in [-0.2, 0) is 0 Å². The van der Waals surface area contributed by atoms with Crippen LogP contribution in [0.5, 0.6) is 11.5 Å². The monoisotopic (exact) mass is 422 g/mol. The van der Waals surface area contributed by atoms with Crippen LogP contribution in [-0.4, -0.2) is 78.4 Å². The van der Waals surface area contributed by atoms with Gasteiger partial charge in [-0.25, -0.2) is 15.0 Å². The van der Waals surface area contributed by atoms with Crippen LogP contribution in [0, 0.1) is 11.3 Å². The van der Waals surface area contributed by atoms with Gasteiger partial charge in [0.05, 0.1) is 17.5 Å². The topological polar surface area (TPSA) is 81.2 Å². The summed E-state index contributed by atoms with van der Waals surface area (Å²) in [6.07, 6.45) is 2.95. The second-order valence-corrected chi connectivity index (χ2v) is 6.97. The van der Waals surface area contributed by atoms with Gasteiger partial charge in [0.2, 0.25) is 0 Å². The summed E-state index contributed by atoms with van der Waals surface area (Å²) in [4.78, 5) is 8.41. The van der Waals surface area contributed by atoms with Gasteiger partial charge in [0.25, 0.3) is 0 Å². The van der Waals surface area contributed by atoms with Crippen molar-refractivity contribution in [3.05, 3.63) is 70.5 Å². The van der Waals surface area contributed by atoms with E-state index in [2.05, 4.69) is 16.1 Å². The van der Waals surface area contributed by atoms with E-state index >= 15 is 0 Å². The van der Waals surface area contributed by atoms with E-state index < -0.39 is 0 Å². The Morgan fingerprint density at radius 3 is 2.70 bits per heavy atom. The second-order valence-electron chi connectivity index (χ2n) is 5.46. The minimum absolute atomic E-state index is 0. The third-order valence-corrected chi connectivity index (χ3v) is 5.21. The Kier molecular flexibility index (Phi) is 6.78. The number of ether oxygens (including phenoxy) is 1. The minimum atomic E-state index is -0.321. The number of nitriles is 1. The molecule has 1 N–H and O–H groups in total. The molecule has 0 saturated carbocycles. The predicted octanol–water partition coefficient (Wildman–Crippen LogP) is 3.75. The van der Waals surface area contributed by atoms with Crippen molar-refractivity contribution in [1.82, 2.24) is 5.06 Å². The molecule has 2 aliphatic heterocycles. The van der Waals surface area contributed by atoms with E-state index in [-0.39, 0.29) is 56.8 Å². The van der Waals surface area contributed by atoms with Crippen molar-refractivity contribution in [2.75, 3.05) is 0 Å². The molecule has 2 aromatic rings. The first-order chi connectivity index (χ1) is 12.6. The van der Waals surface area contributed by atoms with E-state index in [9.17, 15) is 10.5 Å². The average Bonchev–Trinajstić information content (AvgIpc) is 3.09. The van der Waals surface area contributed by atoms with E-state index in [1.807, 2.05) is 6.07 Å². The third-order valence-electron chi connectivity index (χ3n) is 3.73. The Morgan fingerprint density at radius 2 is 2.00 bits per heavy atom. The fourth-order valence-corrected chi connectivity index (χ4v) is 3.64. The van der Waals surface area contributed by atoms with Crippen LogP contribution in [0.3, 0.4) is 0 Å². The number of nitrogens with zero attached hydrogens (tertiary/aromatic N) is 4. The Morgan fingerprint density at radius 1 is 1.22 bits per heavy atom. The molecule has 1 atom stereocenters. The van der Waals surface area contributed by atoms with Crippen LogP contribution in [0.1, 0.15) is 11.1 Å². The molecule has 2 heterocycles. The number of halogens is 1. The third kappa shape index (κ3) is 4.47. The van der Waals surface area contributed by atoms with Crippen LogP contribution >= 0.6 is 23.4 Å². The molecule has 0 aromatic heterocycles. The van der Waals surface area contributed by atoms with Gasteiger partial charge in [-0.05, 0) is 42.5 Å². The molecule has 6 nitrogen and oxygen atoms in total. The van der Waals surface area contributed by atoms with Crippen molar-refractivity contribution < 1.29 is 9.94 Å². The van der Waals surface area contributed by atoms with E-state index in [4.69, 9.17) is 16.3 Å². The standard InChI is InChI=1S/C18H11ClN4O2S.K.H/c19-13-2-4-14(5-3-13)25-16-6-1-11(7-12(16)8-20)17-22-15-9-21-10-23(24)18(15)26-17;;/h1-7,9-10,18,24H;;. The second kappa shape index (κ2) is 8.90. The SMILES string of the molecule is N#Cc1cc(C2=NC3=CN=CN(O)C3S2)ccc1Oc1ccc(Cl)cc1.[KH]. The summed E-state index contributed by atoms with van der Waals surface area (Å²) in [5.74, 6) is 1.04. The number of thioether (sulfide) groups is 1. The van der Waals surface area contributed by atoms with Gasteiger partial charge in [-0.2, -0.15) is 5.26 Å². The first-order valence-electron chi connectivity index (χ1n) is 7.58. The molecule has 130 valence electrons. The zero-order chi connectivity index (χ0) is 18.1. The number of aliphatic imine (C=N–C) groups is 2. The molecule has 0 aliphatic carbocycles. The van der Waals surface area contributed by atoms with E-state index in [0.717, 1.165) is 10.6 Å². The van der Waals surface area contributed by atoms with Crippen LogP contribution in [0.4, 0.5) is 0 Å². The van der Waals surface area contributed by atoms with Crippen molar-refractivity contribution in [3.63, 3.8) is 0 Å². The van der Waals surface area contributed by atoms with Crippen molar-refractivity contribution in [3.8, 4) is 17.6 Å². The summed E-state index contributed by atoms with van der Waals surface area (Å²) in [6, 6.07) is 14.3. The zero-order valence-corrected chi connectivity index (χ0v) is 14.8. The van der Waals surface area contributed by atoms with Crippen LogP contribution in [0.25, 0.3) is 0 Å². The molecule has 0 amide bonds. The molecule has 4 rings (SSSR count). The maximum absolute atomic E-state index is 9.84. The quantitative estimate of drug-likeness (QED) is 0.762. The van der Waals surface area contributed by atoms with Crippen molar-refractivity contribution in [2.24, 2.45) is 9.98 Å². The number of hydroxylamine groups is 2. The molecule has 27 heavy (non-hydrogen) atoms. The summed E-state index contributed by atoms with van der Waals surface area (Å²) in [5.41, 5.74) is 1.83. The normalized spacial score (nSPS) is 17.4. The zero-order valence-electron chi connectivity index (χ0n) is 13.2. The van der Waals surface area contributed by atoms with Gasteiger partial charge in [0, 0.05) is 10.6 Å². The fraction of sp³-hybridized carbons (Fsp3) is 0.0556. The number of hydrogen-bond acceptors (Lipinski definition) is 7. The van der Waals surface area contributed by atoms with E-state index in [0.29, 0.717) is 32.8 Å². The molecule has 0 fully saturated rings. The number of benzene rings is 2. The fourth-order valence-electron chi connectivity index (χ4n) is 2.49. The molecule has 2 aromatic carbocycles. The van der Waals surface area contributed by atoms with Gasteiger partial charge in [-0.3, -0.25) is 5.21 Å². The molecule has 0 bridgehead atoms. The summed E-state index contributed by atoms with van der Waals surface area (Å²) in [7, 11) is 0. The molecular weight excluding hydrogens is 411 g/mol. The predicted molar refractivity (Wildman–Crippen MR) is 108 cm³/mol.